The summed E-state index contributed by atoms with van der Waals surface area (Å²) in [6.45, 7) is 3.44. The quantitative estimate of drug-likeness (QED) is 0.743. The molecule has 0 aromatic carbocycles. The van der Waals surface area contributed by atoms with E-state index < -0.39 is 5.97 Å². The van der Waals surface area contributed by atoms with Gasteiger partial charge >= 0.3 is 5.97 Å². The molecule has 0 spiro atoms. The summed E-state index contributed by atoms with van der Waals surface area (Å²) in [7, 11) is 3.35. The summed E-state index contributed by atoms with van der Waals surface area (Å²) < 4.78 is 6.17. The lowest BCUT2D eigenvalue weighted by Gasteiger charge is -2.32. The van der Waals surface area contributed by atoms with Gasteiger partial charge in [-0.2, -0.15) is 5.10 Å². The molecule has 2 aromatic rings. The number of carbonyl (C=O) groups excluding carboxylic acids is 2. The van der Waals surface area contributed by atoms with E-state index in [9.17, 15) is 9.59 Å². The van der Waals surface area contributed by atoms with E-state index in [1.54, 1.807) is 17.1 Å². The highest BCUT2D eigenvalue weighted by atomic mass is 16.5. The monoisotopic (exact) mass is 359 g/mol. The molecule has 0 radical (unpaired) electrons. The van der Waals surface area contributed by atoms with Crippen LogP contribution in [-0.4, -0.2) is 81.8 Å². The van der Waals surface area contributed by atoms with E-state index in [4.69, 9.17) is 0 Å². The number of carbonyl (C=O) groups is 2. The van der Waals surface area contributed by atoms with Crippen LogP contribution in [0.1, 0.15) is 10.4 Å². The average molecular weight is 359 g/mol. The number of methoxy groups -OCH3 is 1. The maximum absolute atomic E-state index is 12.3. The van der Waals surface area contributed by atoms with E-state index in [0.717, 1.165) is 26.2 Å². The summed E-state index contributed by atoms with van der Waals surface area (Å²) in [5.74, 6) is -0.124. The summed E-state index contributed by atoms with van der Waals surface area (Å²) >= 11 is 0. The lowest BCUT2D eigenvalue weighted by Crippen LogP contribution is -2.48. The molecule has 138 valence electrons. The molecule has 1 fully saturated rings. The van der Waals surface area contributed by atoms with Crippen LogP contribution in [0.2, 0.25) is 0 Å². The summed E-state index contributed by atoms with van der Waals surface area (Å²) in [6.07, 6.45) is 6.06. The lowest BCUT2D eigenvalue weighted by atomic mass is 10.3. The molecular weight excluding hydrogens is 338 g/mol. The van der Waals surface area contributed by atoms with Gasteiger partial charge in [0.15, 0.2) is 0 Å². The highest BCUT2D eigenvalue weighted by Gasteiger charge is 2.19. The third kappa shape index (κ3) is 4.33. The van der Waals surface area contributed by atoms with Crippen LogP contribution < -0.4 is 5.32 Å². The first-order valence-electron chi connectivity index (χ1n) is 8.21. The van der Waals surface area contributed by atoms with Gasteiger partial charge in [0.1, 0.15) is 6.54 Å². The van der Waals surface area contributed by atoms with Crippen molar-refractivity contribution in [3.63, 3.8) is 0 Å². The van der Waals surface area contributed by atoms with Crippen molar-refractivity contribution in [1.82, 2.24) is 29.5 Å². The van der Waals surface area contributed by atoms with Gasteiger partial charge < -0.3 is 19.9 Å². The number of nitrogens with zero attached hydrogens (tertiary/aromatic N) is 6. The first-order valence-corrected chi connectivity index (χ1v) is 8.21. The third-order valence-electron chi connectivity index (χ3n) is 4.12. The normalized spacial score (nSPS) is 14.9. The molecule has 1 N–H and O–H groups in total. The summed E-state index contributed by atoms with van der Waals surface area (Å²) in [4.78, 5) is 35.9. The van der Waals surface area contributed by atoms with Crippen LogP contribution in [0, 0.1) is 0 Å². The predicted octanol–water partition coefficient (Wildman–Crippen LogP) is -0.0227. The Labute approximate surface area is 150 Å². The number of hydrogen-bond donors (Lipinski definition) is 1. The molecule has 1 saturated heterocycles. The first-order chi connectivity index (χ1) is 12.5. The summed E-state index contributed by atoms with van der Waals surface area (Å²) in [5.41, 5.74) is 0.925. The first kappa shape index (κ1) is 17.8. The number of rotatable bonds is 5. The van der Waals surface area contributed by atoms with E-state index >= 15 is 0 Å². The van der Waals surface area contributed by atoms with Crippen molar-refractivity contribution >= 4 is 23.5 Å². The highest BCUT2D eigenvalue weighted by Crippen LogP contribution is 2.12. The second-order valence-electron chi connectivity index (χ2n) is 6.02. The van der Waals surface area contributed by atoms with Gasteiger partial charge in [-0.25, -0.2) is 14.8 Å². The minimum Gasteiger partial charge on any atom is -0.465 e. The van der Waals surface area contributed by atoms with Crippen LogP contribution in [-0.2, 0) is 16.1 Å². The van der Waals surface area contributed by atoms with E-state index in [2.05, 4.69) is 30.0 Å². The zero-order chi connectivity index (χ0) is 18.5. The minimum absolute atomic E-state index is 0.0476. The Bertz CT molecular complexity index is 766. The molecule has 3 rings (SSSR count). The third-order valence-corrected chi connectivity index (χ3v) is 4.12. The van der Waals surface area contributed by atoms with Crippen LogP contribution in [0.3, 0.4) is 0 Å². The zero-order valence-corrected chi connectivity index (χ0v) is 14.8. The van der Waals surface area contributed by atoms with Gasteiger partial charge in [0, 0.05) is 44.8 Å². The zero-order valence-electron chi connectivity index (χ0n) is 14.8. The molecule has 3 heterocycles. The Morgan fingerprint density at radius 3 is 2.50 bits per heavy atom. The molecule has 1 aliphatic rings. The molecule has 0 unspecified atom stereocenters. The van der Waals surface area contributed by atoms with E-state index in [-0.39, 0.29) is 18.0 Å². The van der Waals surface area contributed by atoms with Crippen molar-refractivity contribution in [2.24, 2.45) is 0 Å². The Kier molecular flexibility index (Phi) is 5.42. The van der Waals surface area contributed by atoms with Crippen molar-refractivity contribution in [3.8, 4) is 0 Å². The number of esters is 1. The number of hydrogen-bond acceptors (Lipinski definition) is 8. The van der Waals surface area contributed by atoms with Crippen molar-refractivity contribution in [1.29, 1.82) is 0 Å². The number of aromatic nitrogens is 4. The van der Waals surface area contributed by atoms with Gasteiger partial charge in [0.2, 0.25) is 11.9 Å². The van der Waals surface area contributed by atoms with E-state index in [1.807, 2.05) is 11.9 Å². The maximum atomic E-state index is 12.3. The number of likely N-dealkylation sites (N-methyl/N-ethyl adjacent to an activating group) is 1. The Morgan fingerprint density at radius 1 is 1.15 bits per heavy atom. The second kappa shape index (κ2) is 7.91. The number of anilines is 2. The smallest absolute Gasteiger partial charge is 0.341 e. The molecule has 1 aliphatic heterocycles. The number of amides is 1. The molecule has 10 heteroatoms. The average Bonchev–Trinajstić information content (AvgIpc) is 3.09. The van der Waals surface area contributed by atoms with Crippen molar-refractivity contribution in [2.45, 2.75) is 6.54 Å². The Balaban J connectivity index is 1.56. The maximum Gasteiger partial charge on any atom is 0.341 e. The van der Waals surface area contributed by atoms with Gasteiger partial charge in [0.05, 0.1) is 24.6 Å². The fraction of sp³-hybridized carbons (Fsp3) is 0.438. The van der Waals surface area contributed by atoms with Gasteiger partial charge in [-0.3, -0.25) is 9.48 Å². The molecule has 1 amide bonds. The van der Waals surface area contributed by atoms with Crippen molar-refractivity contribution in [2.75, 3.05) is 45.7 Å². The second-order valence-corrected chi connectivity index (χ2v) is 6.02. The molecule has 0 saturated carbocycles. The standard InChI is InChI=1S/C16H21N7O3/c1-21-3-5-22(6-4-21)14(24)11-23-10-13(9-19-23)20-16-17-7-12(8-18-16)15(25)26-2/h7-10H,3-6,11H2,1-2H3,(H,17,18,20). The summed E-state index contributed by atoms with van der Waals surface area (Å²) in [5, 5.41) is 7.17. The number of ether oxygens (including phenoxy) is 1. The Morgan fingerprint density at radius 2 is 1.85 bits per heavy atom. The van der Waals surface area contributed by atoms with Gasteiger partial charge in [-0.15, -0.1) is 0 Å². The fourth-order valence-corrected chi connectivity index (χ4v) is 2.55. The lowest BCUT2D eigenvalue weighted by molar-refractivity contribution is -0.133. The molecule has 0 aliphatic carbocycles. The van der Waals surface area contributed by atoms with Crippen molar-refractivity contribution in [3.05, 3.63) is 30.4 Å². The summed E-state index contributed by atoms with van der Waals surface area (Å²) in [6, 6.07) is 0. The Hall–Kier alpha value is -3.01. The molecule has 10 nitrogen and oxygen atoms in total. The van der Waals surface area contributed by atoms with Crippen LogP contribution >= 0.6 is 0 Å². The minimum atomic E-state index is -0.494. The van der Waals surface area contributed by atoms with Crippen LogP contribution in [0.5, 0.6) is 0 Å². The van der Waals surface area contributed by atoms with Gasteiger partial charge in [-0.1, -0.05) is 0 Å². The molecule has 26 heavy (non-hydrogen) atoms. The highest BCUT2D eigenvalue weighted by molar-refractivity contribution is 5.88. The molecule has 2 aromatic heterocycles. The molecule has 0 atom stereocenters. The number of nitrogens with one attached hydrogen (secondary N) is 1. The molecular formula is C16H21N7O3. The van der Waals surface area contributed by atoms with E-state index in [0.29, 0.717) is 11.6 Å². The van der Waals surface area contributed by atoms with Crippen molar-refractivity contribution < 1.29 is 14.3 Å². The van der Waals surface area contributed by atoms with Crippen LogP contribution in [0.4, 0.5) is 11.6 Å². The van der Waals surface area contributed by atoms with E-state index in [1.165, 1.54) is 19.5 Å². The fourth-order valence-electron chi connectivity index (χ4n) is 2.55. The van der Waals surface area contributed by atoms with Crippen LogP contribution in [0.25, 0.3) is 0 Å². The SMILES string of the molecule is COC(=O)c1cnc(Nc2cnn(CC(=O)N3CCN(C)CC3)c2)nc1. The van der Waals surface area contributed by atoms with Gasteiger partial charge in [0.25, 0.3) is 0 Å². The largest absolute Gasteiger partial charge is 0.465 e. The molecule has 0 bridgehead atoms. The van der Waals surface area contributed by atoms with Crippen LogP contribution in [0.15, 0.2) is 24.8 Å². The van der Waals surface area contributed by atoms with Gasteiger partial charge in [-0.05, 0) is 7.05 Å². The topological polar surface area (TPSA) is 105 Å². The number of piperazine rings is 1. The predicted molar refractivity (Wildman–Crippen MR) is 93.0 cm³/mol.